The number of hydrogen-bond acceptors (Lipinski definition) is 3. The number of nitrogens with one attached hydrogen (secondary N) is 2. The minimum atomic E-state index is -1.18. The molecule has 0 aliphatic heterocycles. The minimum Gasteiger partial charge on any atom is -0.480 e. The zero-order valence-corrected chi connectivity index (χ0v) is 14.1. The third kappa shape index (κ3) is 4.13. The maximum atomic E-state index is 12.4. The van der Waals surface area contributed by atoms with Crippen LogP contribution in [-0.4, -0.2) is 34.5 Å². The molecule has 1 aromatic rings. The quantitative estimate of drug-likeness (QED) is 0.771. The number of carbonyl (C=O) groups excluding carboxylic acids is 2. The molecular weight excluding hydrogens is 308 g/mol. The lowest BCUT2D eigenvalue weighted by Gasteiger charge is -2.34. The van der Waals surface area contributed by atoms with Crippen LogP contribution in [0.15, 0.2) is 24.3 Å². The lowest BCUT2D eigenvalue weighted by atomic mass is 9.81. The smallest absolute Gasteiger partial charge is 0.329 e. The van der Waals surface area contributed by atoms with E-state index in [1.54, 1.807) is 24.3 Å². The summed E-state index contributed by atoms with van der Waals surface area (Å²) >= 11 is 0. The second-order valence-corrected chi connectivity index (χ2v) is 6.61. The van der Waals surface area contributed by atoms with Gasteiger partial charge in [-0.2, -0.15) is 0 Å². The average Bonchev–Trinajstić information content (AvgIpc) is 2.55. The fourth-order valence-electron chi connectivity index (χ4n) is 2.96. The van der Waals surface area contributed by atoms with E-state index in [1.165, 1.54) is 0 Å². The molecule has 1 fully saturated rings. The molecule has 24 heavy (non-hydrogen) atoms. The Labute approximate surface area is 141 Å². The summed E-state index contributed by atoms with van der Waals surface area (Å²) in [5.74, 6) is -1.61. The van der Waals surface area contributed by atoms with Gasteiger partial charge in [-0.3, -0.25) is 9.59 Å². The van der Waals surface area contributed by atoms with Gasteiger partial charge in [-0.1, -0.05) is 19.3 Å². The fraction of sp³-hybridized carbons (Fsp3) is 0.500. The van der Waals surface area contributed by atoms with Gasteiger partial charge in [0.05, 0.1) is 0 Å². The van der Waals surface area contributed by atoms with Gasteiger partial charge in [0, 0.05) is 17.2 Å². The predicted molar refractivity (Wildman–Crippen MR) is 90.0 cm³/mol. The Hall–Kier alpha value is -2.37. The third-order valence-corrected chi connectivity index (χ3v) is 4.30. The lowest BCUT2D eigenvalue weighted by molar-refractivity contribution is -0.145. The second kappa shape index (κ2) is 7.47. The highest BCUT2D eigenvalue weighted by atomic mass is 16.4. The molecule has 0 spiro atoms. The van der Waals surface area contributed by atoms with Gasteiger partial charge in [-0.15, -0.1) is 0 Å². The highest BCUT2D eigenvalue weighted by Gasteiger charge is 2.41. The number of carboxylic acid groups (broad SMARTS) is 1. The van der Waals surface area contributed by atoms with E-state index in [1.807, 2.05) is 13.8 Å². The molecule has 0 radical (unpaired) electrons. The summed E-state index contributed by atoms with van der Waals surface area (Å²) in [6.07, 6.45) is 3.47. The van der Waals surface area contributed by atoms with Crippen molar-refractivity contribution in [3.8, 4) is 0 Å². The maximum absolute atomic E-state index is 12.4. The van der Waals surface area contributed by atoms with Crippen molar-refractivity contribution in [2.45, 2.75) is 57.5 Å². The second-order valence-electron chi connectivity index (χ2n) is 6.61. The Morgan fingerprint density at radius 1 is 0.958 bits per heavy atom. The van der Waals surface area contributed by atoms with E-state index in [4.69, 9.17) is 0 Å². The number of aliphatic carboxylic acids is 1. The van der Waals surface area contributed by atoms with E-state index >= 15 is 0 Å². The van der Waals surface area contributed by atoms with Crippen molar-refractivity contribution in [2.24, 2.45) is 0 Å². The molecular formula is C18H24N2O4. The van der Waals surface area contributed by atoms with E-state index in [2.05, 4.69) is 10.6 Å². The van der Waals surface area contributed by atoms with Crippen LogP contribution in [0.3, 0.4) is 0 Å². The predicted octanol–water partition coefficient (Wildman–Crippen LogP) is 2.34. The summed E-state index contributed by atoms with van der Waals surface area (Å²) in [4.78, 5) is 35.9. The van der Waals surface area contributed by atoms with E-state index in [0.717, 1.165) is 19.3 Å². The molecule has 0 atom stereocenters. The van der Waals surface area contributed by atoms with Gasteiger partial charge in [-0.05, 0) is 51.0 Å². The first-order valence-electron chi connectivity index (χ1n) is 8.31. The van der Waals surface area contributed by atoms with E-state index in [0.29, 0.717) is 24.0 Å². The molecule has 0 heterocycles. The molecule has 0 bridgehead atoms. The monoisotopic (exact) mass is 332 g/mol. The molecule has 0 saturated heterocycles. The Morgan fingerprint density at radius 3 is 1.92 bits per heavy atom. The molecule has 3 N–H and O–H groups in total. The Balaban J connectivity index is 2.09. The molecule has 0 aromatic heterocycles. The average molecular weight is 332 g/mol. The Bertz CT molecular complexity index is 616. The molecule has 1 aliphatic carbocycles. The Morgan fingerprint density at radius 2 is 1.46 bits per heavy atom. The molecule has 0 unspecified atom stereocenters. The number of benzene rings is 1. The number of amides is 2. The molecule has 6 heteroatoms. The summed E-state index contributed by atoms with van der Waals surface area (Å²) in [7, 11) is 0. The third-order valence-electron chi connectivity index (χ3n) is 4.30. The number of carboxylic acids is 1. The molecule has 1 aliphatic rings. The molecule has 2 rings (SSSR count). The van der Waals surface area contributed by atoms with Crippen molar-refractivity contribution in [1.82, 2.24) is 10.6 Å². The first-order chi connectivity index (χ1) is 11.3. The summed E-state index contributed by atoms with van der Waals surface area (Å²) in [5, 5.41) is 15.0. The highest BCUT2D eigenvalue weighted by Crippen LogP contribution is 2.28. The van der Waals surface area contributed by atoms with Gasteiger partial charge < -0.3 is 15.7 Å². The van der Waals surface area contributed by atoms with Crippen LogP contribution in [0, 0.1) is 0 Å². The van der Waals surface area contributed by atoms with Crippen LogP contribution in [0.1, 0.15) is 66.7 Å². The number of rotatable bonds is 5. The summed E-state index contributed by atoms with van der Waals surface area (Å²) in [5.41, 5.74) is -0.364. The van der Waals surface area contributed by atoms with Crippen LogP contribution in [-0.2, 0) is 4.79 Å². The van der Waals surface area contributed by atoms with Crippen molar-refractivity contribution in [1.29, 1.82) is 0 Å². The van der Waals surface area contributed by atoms with Crippen LogP contribution in [0.2, 0.25) is 0 Å². The zero-order valence-electron chi connectivity index (χ0n) is 14.1. The van der Waals surface area contributed by atoms with Crippen molar-refractivity contribution in [3.63, 3.8) is 0 Å². The van der Waals surface area contributed by atoms with Crippen LogP contribution in [0.4, 0.5) is 0 Å². The summed E-state index contributed by atoms with van der Waals surface area (Å²) in [6, 6.07) is 6.26. The highest BCUT2D eigenvalue weighted by molar-refractivity contribution is 5.99. The molecule has 6 nitrogen and oxygen atoms in total. The van der Waals surface area contributed by atoms with Gasteiger partial charge in [-0.25, -0.2) is 4.79 Å². The van der Waals surface area contributed by atoms with Crippen LogP contribution in [0.5, 0.6) is 0 Å². The van der Waals surface area contributed by atoms with Crippen molar-refractivity contribution < 1.29 is 19.5 Å². The van der Waals surface area contributed by atoms with Gasteiger partial charge in [0.25, 0.3) is 11.8 Å². The van der Waals surface area contributed by atoms with E-state index < -0.39 is 17.4 Å². The largest absolute Gasteiger partial charge is 0.480 e. The van der Waals surface area contributed by atoms with Crippen LogP contribution in [0.25, 0.3) is 0 Å². The first kappa shape index (κ1) is 18.0. The van der Waals surface area contributed by atoms with E-state index in [-0.39, 0.29) is 11.9 Å². The molecule has 1 aromatic carbocycles. The Kier molecular flexibility index (Phi) is 5.59. The lowest BCUT2D eigenvalue weighted by Crippen LogP contribution is -2.55. The van der Waals surface area contributed by atoms with Crippen LogP contribution >= 0.6 is 0 Å². The molecule has 2 amide bonds. The van der Waals surface area contributed by atoms with Crippen molar-refractivity contribution >= 4 is 17.8 Å². The van der Waals surface area contributed by atoms with Gasteiger partial charge >= 0.3 is 5.97 Å². The topological polar surface area (TPSA) is 95.5 Å². The van der Waals surface area contributed by atoms with E-state index in [9.17, 15) is 19.5 Å². The van der Waals surface area contributed by atoms with Gasteiger partial charge in [0.2, 0.25) is 0 Å². The first-order valence-corrected chi connectivity index (χ1v) is 8.31. The van der Waals surface area contributed by atoms with Gasteiger partial charge in [0.15, 0.2) is 0 Å². The normalized spacial score (nSPS) is 16.5. The SMILES string of the molecule is CC(C)NC(=O)c1ccc(C(=O)NC2(C(=O)O)CCCCC2)cc1. The summed E-state index contributed by atoms with van der Waals surface area (Å²) < 4.78 is 0. The van der Waals surface area contributed by atoms with Gasteiger partial charge in [0.1, 0.15) is 5.54 Å². The number of hydrogen-bond donors (Lipinski definition) is 3. The fourth-order valence-corrected chi connectivity index (χ4v) is 2.96. The van der Waals surface area contributed by atoms with Crippen LogP contribution < -0.4 is 10.6 Å². The number of carbonyl (C=O) groups is 3. The maximum Gasteiger partial charge on any atom is 0.329 e. The summed E-state index contributed by atoms with van der Waals surface area (Å²) in [6.45, 7) is 3.74. The van der Waals surface area contributed by atoms with Crippen molar-refractivity contribution in [2.75, 3.05) is 0 Å². The standard InChI is InChI=1S/C18H24N2O4/c1-12(2)19-15(21)13-6-8-14(9-7-13)16(22)20-18(17(23)24)10-4-3-5-11-18/h6-9,12H,3-5,10-11H2,1-2H3,(H,19,21)(H,20,22)(H,23,24). The molecule has 1 saturated carbocycles. The zero-order chi connectivity index (χ0) is 17.7. The molecule has 130 valence electrons. The van der Waals surface area contributed by atoms with Crippen molar-refractivity contribution in [3.05, 3.63) is 35.4 Å². The minimum absolute atomic E-state index is 0.0298.